The molecule has 1 amide bonds. The van der Waals surface area contributed by atoms with Gasteiger partial charge in [0.2, 0.25) is 5.91 Å². The van der Waals surface area contributed by atoms with Crippen molar-refractivity contribution in [1.82, 2.24) is 15.6 Å². The number of anilines is 1. The molecular weight excluding hydrogens is 519 g/mol. The number of halogens is 1. The molecule has 1 aliphatic heterocycles. The molecule has 1 fully saturated rings. The molecule has 1 aromatic heterocycles. The molecule has 1 aromatic carbocycles. The lowest BCUT2D eigenvalue weighted by Gasteiger charge is -2.32. The summed E-state index contributed by atoms with van der Waals surface area (Å²) in [5.74, 6) is 2.32. The number of carbonyl (C=O) groups is 1. The van der Waals surface area contributed by atoms with Crippen LogP contribution >= 0.6 is 24.0 Å². The molecule has 0 radical (unpaired) electrons. The summed E-state index contributed by atoms with van der Waals surface area (Å²) in [4.78, 5) is 22.6. The van der Waals surface area contributed by atoms with Crippen LogP contribution < -0.4 is 26.0 Å². The van der Waals surface area contributed by atoms with Crippen molar-refractivity contribution in [2.24, 2.45) is 16.6 Å². The zero-order valence-electron chi connectivity index (χ0n) is 18.7. The van der Waals surface area contributed by atoms with Gasteiger partial charge < -0.3 is 26.0 Å². The number of amides is 1. The topological polar surface area (TPSA) is 105 Å². The highest BCUT2D eigenvalue weighted by Crippen LogP contribution is 2.24. The maximum absolute atomic E-state index is 11.4. The zero-order valence-corrected chi connectivity index (χ0v) is 21.0. The lowest BCUT2D eigenvalue weighted by Crippen LogP contribution is -2.40. The van der Waals surface area contributed by atoms with Gasteiger partial charge in [0.1, 0.15) is 11.6 Å². The Balaban J connectivity index is 0.00000363. The Morgan fingerprint density at radius 3 is 2.56 bits per heavy atom. The first-order valence-electron chi connectivity index (χ1n) is 10.7. The third-order valence-corrected chi connectivity index (χ3v) is 5.60. The van der Waals surface area contributed by atoms with Crippen LogP contribution in [0.2, 0.25) is 0 Å². The first-order valence-corrected chi connectivity index (χ1v) is 10.7. The quantitative estimate of drug-likeness (QED) is 0.264. The monoisotopic (exact) mass is 552 g/mol. The van der Waals surface area contributed by atoms with E-state index >= 15 is 0 Å². The fraction of sp³-hybridized carbons (Fsp3) is 0.435. The first kappa shape index (κ1) is 25.7. The standard InChI is InChI=1S/C23H32N6O2.HI/c1-25-23(27-13-9-17-5-7-20(31-2)8-6-17)28-16-19-4-3-12-26-22(19)29-14-10-18(11-15-29)21(24)30;/h3-8,12,18H,9-11,13-16H2,1-2H3,(H2,24,30)(H2,25,27,28);1H. The van der Waals surface area contributed by atoms with E-state index in [1.54, 1.807) is 20.4 Å². The van der Waals surface area contributed by atoms with Crippen LogP contribution in [0.1, 0.15) is 24.0 Å². The fourth-order valence-corrected chi connectivity index (χ4v) is 3.75. The van der Waals surface area contributed by atoms with Crippen molar-refractivity contribution >= 4 is 41.7 Å². The molecule has 0 bridgehead atoms. The van der Waals surface area contributed by atoms with Crippen LogP contribution in [0, 0.1) is 5.92 Å². The number of carbonyl (C=O) groups excluding carboxylic acids is 1. The number of ether oxygens (including phenoxy) is 1. The van der Waals surface area contributed by atoms with Crippen molar-refractivity contribution in [3.63, 3.8) is 0 Å². The predicted octanol–water partition coefficient (Wildman–Crippen LogP) is 2.32. The second-order valence-electron chi connectivity index (χ2n) is 7.60. The van der Waals surface area contributed by atoms with Crippen molar-refractivity contribution in [3.8, 4) is 5.75 Å². The summed E-state index contributed by atoms with van der Waals surface area (Å²) in [7, 11) is 3.43. The highest BCUT2D eigenvalue weighted by molar-refractivity contribution is 14.0. The number of piperidine rings is 1. The minimum atomic E-state index is -0.202. The average molecular weight is 552 g/mol. The Morgan fingerprint density at radius 1 is 1.22 bits per heavy atom. The summed E-state index contributed by atoms with van der Waals surface area (Å²) in [5, 5.41) is 6.73. The minimum absolute atomic E-state index is 0. The summed E-state index contributed by atoms with van der Waals surface area (Å²) in [6, 6.07) is 12.1. The Bertz CT molecular complexity index is 882. The molecule has 0 unspecified atom stereocenters. The lowest BCUT2D eigenvalue weighted by molar-refractivity contribution is -0.122. The van der Waals surface area contributed by atoms with E-state index in [4.69, 9.17) is 10.5 Å². The number of benzene rings is 1. The number of pyridine rings is 1. The molecule has 2 heterocycles. The Kier molecular flexibility index (Phi) is 10.5. The summed E-state index contributed by atoms with van der Waals surface area (Å²) in [5.41, 5.74) is 7.79. The second kappa shape index (κ2) is 13.1. The molecule has 32 heavy (non-hydrogen) atoms. The molecule has 0 aliphatic carbocycles. The van der Waals surface area contributed by atoms with Gasteiger partial charge in [-0.3, -0.25) is 9.79 Å². The van der Waals surface area contributed by atoms with Gasteiger partial charge >= 0.3 is 0 Å². The van der Waals surface area contributed by atoms with Crippen molar-refractivity contribution in [2.45, 2.75) is 25.8 Å². The molecule has 0 atom stereocenters. The van der Waals surface area contributed by atoms with Crippen molar-refractivity contribution in [1.29, 1.82) is 0 Å². The number of guanidine groups is 1. The van der Waals surface area contributed by atoms with Crippen molar-refractivity contribution in [2.75, 3.05) is 38.7 Å². The molecule has 3 rings (SSSR count). The molecule has 2 aromatic rings. The van der Waals surface area contributed by atoms with Crippen LogP contribution in [0.25, 0.3) is 0 Å². The van der Waals surface area contributed by atoms with Crippen LogP contribution in [0.3, 0.4) is 0 Å². The fourth-order valence-electron chi connectivity index (χ4n) is 3.75. The largest absolute Gasteiger partial charge is 0.497 e. The number of rotatable bonds is 8. The van der Waals surface area contributed by atoms with Crippen molar-refractivity contribution in [3.05, 3.63) is 53.7 Å². The summed E-state index contributed by atoms with van der Waals surface area (Å²) in [6.45, 7) is 2.95. The predicted molar refractivity (Wildman–Crippen MR) is 139 cm³/mol. The van der Waals surface area contributed by atoms with Gasteiger partial charge in [0, 0.05) is 50.9 Å². The van der Waals surface area contributed by atoms with E-state index in [0.717, 1.165) is 62.0 Å². The van der Waals surface area contributed by atoms with Gasteiger partial charge in [-0.15, -0.1) is 24.0 Å². The zero-order chi connectivity index (χ0) is 22.1. The van der Waals surface area contributed by atoms with Crippen LogP contribution in [0.4, 0.5) is 5.82 Å². The molecule has 4 N–H and O–H groups in total. The van der Waals surface area contributed by atoms with Crippen LogP contribution in [-0.4, -0.2) is 50.6 Å². The molecule has 0 spiro atoms. The van der Waals surface area contributed by atoms with Gasteiger partial charge in [-0.25, -0.2) is 4.98 Å². The van der Waals surface area contributed by atoms with Crippen molar-refractivity contribution < 1.29 is 9.53 Å². The molecule has 1 aliphatic rings. The van der Waals surface area contributed by atoms with E-state index in [9.17, 15) is 4.79 Å². The summed E-state index contributed by atoms with van der Waals surface area (Å²) in [6.07, 6.45) is 4.24. The van der Waals surface area contributed by atoms with E-state index in [1.165, 1.54) is 5.56 Å². The van der Waals surface area contributed by atoms with E-state index in [0.29, 0.717) is 6.54 Å². The first-order chi connectivity index (χ1) is 15.1. The normalized spacial score (nSPS) is 14.4. The molecule has 0 saturated carbocycles. The Labute approximate surface area is 207 Å². The Morgan fingerprint density at radius 2 is 1.94 bits per heavy atom. The smallest absolute Gasteiger partial charge is 0.220 e. The third-order valence-electron chi connectivity index (χ3n) is 5.60. The second-order valence-corrected chi connectivity index (χ2v) is 7.60. The summed E-state index contributed by atoms with van der Waals surface area (Å²) < 4.78 is 5.20. The number of hydrogen-bond acceptors (Lipinski definition) is 5. The van der Waals surface area contributed by atoms with E-state index in [1.807, 2.05) is 18.2 Å². The van der Waals surface area contributed by atoms with Gasteiger partial charge in [0.15, 0.2) is 5.96 Å². The third kappa shape index (κ3) is 7.25. The highest BCUT2D eigenvalue weighted by atomic mass is 127. The van der Waals surface area contributed by atoms with Gasteiger partial charge in [-0.2, -0.15) is 0 Å². The van der Waals surface area contributed by atoms with E-state index < -0.39 is 0 Å². The minimum Gasteiger partial charge on any atom is -0.497 e. The molecule has 9 heteroatoms. The SMILES string of the molecule is CN=C(NCCc1ccc(OC)cc1)NCc1cccnc1N1CCC(C(N)=O)CC1.I. The van der Waals surface area contributed by atoms with Gasteiger partial charge in [0.25, 0.3) is 0 Å². The number of aromatic nitrogens is 1. The van der Waals surface area contributed by atoms with Gasteiger partial charge in [0.05, 0.1) is 7.11 Å². The Hall–Kier alpha value is -2.56. The van der Waals surface area contributed by atoms with E-state index in [2.05, 4.69) is 43.7 Å². The number of primary amides is 1. The van der Waals surface area contributed by atoms with Crippen LogP contribution in [0.5, 0.6) is 5.75 Å². The van der Waals surface area contributed by atoms with Crippen LogP contribution in [0.15, 0.2) is 47.6 Å². The van der Waals surface area contributed by atoms with E-state index in [-0.39, 0.29) is 35.8 Å². The number of aliphatic imine (C=N–C) groups is 1. The number of nitrogens with one attached hydrogen (secondary N) is 2. The highest BCUT2D eigenvalue weighted by Gasteiger charge is 2.24. The maximum atomic E-state index is 11.4. The van der Waals surface area contributed by atoms with Gasteiger partial charge in [-0.1, -0.05) is 18.2 Å². The number of hydrogen-bond donors (Lipinski definition) is 3. The van der Waals surface area contributed by atoms with Gasteiger partial charge in [-0.05, 0) is 43.0 Å². The van der Waals surface area contributed by atoms with Crippen LogP contribution in [-0.2, 0) is 17.8 Å². The average Bonchev–Trinajstić information content (AvgIpc) is 2.82. The number of nitrogens with two attached hydrogens (primary N) is 1. The molecule has 174 valence electrons. The number of nitrogens with zero attached hydrogens (tertiary/aromatic N) is 3. The molecular formula is C23H33IN6O2. The molecule has 1 saturated heterocycles. The maximum Gasteiger partial charge on any atom is 0.220 e. The lowest BCUT2D eigenvalue weighted by atomic mass is 9.96. The summed E-state index contributed by atoms with van der Waals surface area (Å²) >= 11 is 0. The molecule has 8 nitrogen and oxygen atoms in total. The number of methoxy groups -OCH3 is 1.